The van der Waals surface area contributed by atoms with Crippen molar-refractivity contribution in [3.05, 3.63) is 28.8 Å². The van der Waals surface area contributed by atoms with E-state index < -0.39 is 21.1 Å². The van der Waals surface area contributed by atoms with Crippen LogP contribution in [-0.4, -0.2) is 24.7 Å². The second kappa shape index (κ2) is 4.43. The molecule has 0 radical (unpaired) electrons. The van der Waals surface area contributed by atoms with Gasteiger partial charge in [-0.05, 0) is 37.6 Å². The van der Waals surface area contributed by atoms with Crippen molar-refractivity contribution in [3.63, 3.8) is 0 Å². The molecule has 0 aromatic heterocycles. The van der Waals surface area contributed by atoms with E-state index in [0.717, 1.165) is 6.92 Å². The first kappa shape index (κ1) is 13.0. The van der Waals surface area contributed by atoms with Gasteiger partial charge in [0.2, 0.25) is 0 Å². The maximum absolute atomic E-state index is 11.8. The SMILES string of the molecule is Cc1cc(S(=O)(=O)C(C)C(=O)O)ccc1Cl. The Balaban J connectivity index is 3.28. The van der Waals surface area contributed by atoms with Crippen molar-refractivity contribution < 1.29 is 18.3 Å². The van der Waals surface area contributed by atoms with Gasteiger partial charge in [0.15, 0.2) is 15.1 Å². The summed E-state index contributed by atoms with van der Waals surface area (Å²) in [4.78, 5) is 10.6. The third kappa shape index (κ3) is 2.36. The van der Waals surface area contributed by atoms with Crippen LogP contribution in [0.15, 0.2) is 23.1 Å². The van der Waals surface area contributed by atoms with E-state index in [0.29, 0.717) is 10.6 Å². The largest absolute Gasteiger partial charge is 0.480 e. The van der Waals surface area contributed by atoms with Crippen LogP contribution in [0.2, 0.25) is 5.02 Å². The Kier molecular flexibility index (Phi) is 3.60. The molecule has 0 heterocycles. The molecule has 6 heteroatoms. The minimum atomic E-state index is -3.84. The summed E-state index contributed by atoms with van der Waals surface area (Å²) in [5.74, 6) is -1.37. The summed E-state index contributed by atoms with van der Waals surface area (Å²) in [6, 6.07) is 4.12. The Labute approximate surface area is 98.8 Å². The van der Waals surface area contributed by atoms with Crippen molar-refractivity contribution >= 4 is 27.4 Å². The fourth-order valence-corrected chi connectivity index (χ4v) is 2.52. The van der Waals surface area contributed by atoms with Crippen LogP contribution in [0.25, 0.3) is 0 Å². The normalized spacial score (nSPS) is 13.4. The van der Waals surface area contributed by atoms with Gasteiger partial charge in [0.05, 0.1) is 4.90 Å². The number of halogens is 1. The maximum Gasteiger partial charge on any atom is 0.321 e. The summed E-state index contributed by atoms with van der Waals surface area (Å²) in [6.07, 6.45) is 0. The Morgan fingerprint density at radius 3 is 2.44 bits per heavy atom. The summed E-state index contributed by atoms with van der Waals surface area (Å²) in [5, 5.41) is 7.68. The fraction of sp³-hybridized carbons (Fsp3) is 0.300. The van der Waals surface area contributed by atoms with E-state index in [4.69, 9.17) is 16.7 Å². The highest BCUT2D eigenvalue weighted by molar-refractivity contribution is 7.92. The Morgan fingerprint density at radius 1 is 1.44 bits per heavy atom. The standard InChI is InChI=1S/C10H11ClO4S/c1-6-5-8(3-4-9(6)11)16(14,15)7(2)10(12)13/h3-5,7H,1-2H3,(H,12,13). The van der Waals surface area contributed by atoms with Gasteiger partial charge in [0, 0.05) is 5.02 Å². The summed E-state index contributed by atoms with van der Waals surface area (Å²) in [5.41, 5.74) is 0.598. The molecule has 0 amide bonds. The average molecular weight is 263 g/mol. The van der Waals surface area contributed by atoms with Gasteiger partial charge in [-0.25, -0.2) is 8.42 Å². The number of carboxylic acid groups (broad SMARTS) is 1. The van der Waals surface area contributed by atoms with Gasteiger partial charge in [-0.1, -0.05) is 11.6 Å². The molecular formula is C10H11ClO4S. The summed E-state index contributed by atoms with van der Waals surface area (Å²) < 4.78 is 23.6. The highest BCUT2D eigenvalue weighted by Gasteiger charge is 2.29. The fourth-order valence-electron chi connectivity index (χ4n) is 1.13. The second-order valence-electron chi connectivity index (χ2n) is 3.44. The lowest BCUT2D eigenvalue weighted by Crippen LogP contribution is -2.26. The molecule has 1 rings (SSSR count). The lowest BCUT2D eigenvalue weighted by molar-refractivity contribution is -0.136. The number of rotatable bonds is 3. The highest BCUT2D eigenvalue weighted by Crippen LogP contribution is 2.22. The van der Waals surface area contributed by atoms with Gasteiger partial charge < -0.3 is 5.11 Å². The maximum atomic E-state index is 11.8. The Hall–Kier alpha value is -1.07. The monoisotopic (exact) mass is 262 g/mol. The van der Waals surface area contributed by atoms with Crippen LogP contribution in [0.3, 0.4) is 0 Å². The first-order valence-corrected chi connectivity index (χ1v) is 6.42. The lowest BCUT2D eigenvalue weighted by atomic mass is 10.2. The third-order valence-corrected chi connectivity index (χ3v) is 4.74. The average Bonchev–Trinajstić information content (AvgIpc) is 2.20. The van der Waals surface area contributed by atoms with E-state index in [-0.39, 0.29) is 4.90 Å². The minimum Gasteiger partial charge on any atom is -0.480 e. The molecule has 0 spiro atoms. The van der Waals surface area contributed by atoms with E-state index in [1.54, 1.807) is 6.92 Å². The van der Waals surface area contributed by atoms with E-state index in [1.807, 2.05) is 0 Å². The Bertz CT molecular complexity index is 522. The topological polar surface area (TPSA) is 71.4 Å². The van der Waals surface area contributed by atoms with Gasteiger partial charge in [-0.2, -0.15) is 0 Å². The molecule has 0 aliphatic heterocycles. The van der Waals surface area contributed by atoms with Crippen LogP contribution in [0.4, 0.5) is 0 Å². The molecule has 1 aromatic rings. The summed E-state index contributed by atoms with van der Waals surface area (Å²) in [6.45, 7) is 2.80. The molecule has 0 fully saturated rings. The Morgan fingerprint density at radius 2 is 2.00 bits per heavy atom. The smallest absolute Gasteiger partial charge is 0.321 e. The predicted octanol–water partition coefficient (Wildman–Crippen LogP) is 1.90. The van der Waals surface area contributed by atoms with Crippen LogP contribution in [0.5, 0.6) is 0 Å². The summed E-state index contributed by atoms with van der Waals surface area (Å²) >= 11 is 5.76. The molecule has 1 aromatic carbocycles. The molecule has 0 aliphatic carbocycles. The number of sulfone groups is 1. The van der Waals surface area contributed by atoms with Gasteiger partial charge in [0.1, 0.15) is 0 Å². The molecule has 0 aliphatic rings. The second-order valence-corrected chi connectivity index (χ2v) is 6.11. The van der Waals surface area contributed by atoms with Crippen molar-refractivity contribution in [3.8, 4) is 0 Å². The third-order valence-electron chi connectivity index (χ3n) is 2.27. The van der Waals surface area contributed by atoms with Gasteiger partial charge >= 0.3 is 5.97 Å². The van der Waals surface area contributed by atoms with Gasteiger partial charge in [-0.3, -0.25) is 4.79 Å². The van der Waals surface area contributed by atoms with Crippen LogP contribution in [-0.2, 0) is 14.6 Å². The van der Waals surface area contributed by atoms with E-state index >= 15 is 0 Å². The number of carbonyl (C=O) groups is 1. The number of carboxylic acids is 1. The van der Waals surface area contributed by atoms with Crippen molar-refractivity contribution in [1.29, 1.82) is 0 Å². The van der Waals surface area contributed by atoms with Crippen molar-refractivity contribution in [2.75, 3.05) is 0 Å². The zero-order valence-electron chi connectivity index (χ0n) is 8.77. The molecule has 0 saturated carbocycles. The van der Waals surface area contributed by atoms with Crippen LogP contribution < -0.4 is 0 Å². The molecule has 1 unspecified atom stereocenters. The molecule has 1 atom stereocenters. The first-order chi connectivity index (χ1) is 7.26. The van der Waals surface area contributed by atoms with Crippen molar-refractivity contribution in [1.82, 2.24) is 0 Å². The molecule has 0 saturated heterocycles. The van der Waals surface area contributed by atoms with E-state index in [9.17, 15) is 13.2 Å². The minimum absolute atomic E-state index is 0.0238. The summed E-state index contributed by atoms with van der Waals surface area (Å²) in [7, 11) is -3.84. The van der Waals surface area contributed by atoms with E-state index in [2.05, 4.69) is 0 Å². The molecule has 4 nitrogen and oxygen atoms in total. The lowest BCUT2D eigenvalue weighted by Gasteiger charge is -2.09. The number of hydrogen-bond donors (Lipinski definition) is 1. The van der Waals surface area contributed by atoms with Crippen LogP contribution in [0, 0.1) is 6.92 Å². The number of aryl methyl sites for hydroxylation is 1. The number of aliphatic carboxylic acids is 1. The van der Waals surface area contributed by atoms with Crippen LogP contribution in [0.1, 0.15) is 12.5 Å². The number of hydrogen-bond acceptors (Lipinski definition) is 3. The van der Waals surface area contributed by atoms with Crippen molar-refractivity contribution in [2.24, 2.45) is 0 Å². The zero-order chi connectivity index (χ0) is 12.5. The van der Waals surface area contributed by atoms with Crippen molar-refractivity contribution in [2.45, 2.75) is 24.0 Å². The number of benzene rings is 1. The van der Waals surface area contributed by atoms with Gasteiger partial charge in [0.25, 0.3) is 0 Å². The quantitative estimate of drug-likeness (QED) is 0.903. The molecule has 0 bridgehead atoms. The highest BCUT2D eigenvalue weighted by atomic mass is 35.5. The first-order valence-electron chi connectivity index (χ1n) is 4.49. The molecule has 88 valence electrons. The zero-order valence-corrected chi connectivity index (χ0v) is 10.3. The van der Waals surface area contributed by atoms with E-state index in [1.165, 1.54) is 18.2 Å². The molecule has 16 heavy (non-hydrogen) atoms. The predicted molar refractivity (Wildman–Crippen MR) is 60.5 cm³/mol. The van der Waals surface area contributed by atoms with Crippen LogP contribution >= 0.6 is 11.6 Å². The molecule has 1 N–H and O–H groups in total. The van der Waals surface area contributed by atoms with Gasteiger partial charge in [-0.15, -0.1) is 0 Å². The molecular weight excluding hydrogens is 252 g/mol.